The number of carbonyl (C=O) groups is 2. The molecule has 2 atom stereocenters. The minimum Gasteiger partial charge on any atom is -0.482 e. The van der Waals surface area contributed by atoms with Crippen molar-refractivity contribution in [2.45, 2.75) is 39.3 Å². The van der Waals surface area contributed by atoms with Crippen LogP contribution in [0, 0.1) is 13.8 Å². The lowest BCUT2D eigenvalue weighted by molar-refractivity contribution is -0.156. The molecule has 1 saturated heterocycles. The Morgan fingerprint density at radius 3 is 2.68 bits per heavy atom. The maximum absolute atomic E-state index is 12.0. The van der Waals surface area contributed by atoms with Gasteiger partial charge in [0, 0.05) is 6.04 Å². The van der Waals surface area contributed by atoms with Gasteiger partial charge in [0.1, 0.15) is 5.75 Å². The second kappa shape index (κ2) is 7.86. The highest BCUT2D eigenvalue weighted by molar-refractivity contribution is 7.91. The summed E-state index contributed by atoms with van der Waals surface area (Å²) in [6.07, 6.45) is -0.636. The smallest absolute Gasteiger partial charge is 0.344 e. The van der Waals surface area contributed by atoms with Crippen LogP contribution >= 0.6 is 0 Å². The SMILES string of the molecule is Cc1cccc(OCC(=O)O[C@@H](C)C(=O)N[C@H]2CCS(=O)(=O)C2)c1C. The number of nitrogens with one attached hydrogen (secondary N) is 1. The van der Waals surface area contributed by atoms with E-state index in [4.69, 9.17) is 9.47 Å². The zero-order chi connectivity index (χ0) is 18.6. The highest BCUT2D eigenvalue weighted by Gasteiger charge is 2.30. The second-order valence-corrected chi connectivity index (χ2v) is 8.46. The van der Waals surface area contributed by atoms with Crippen molar-refractivity contribution in [3.8, 4) is 5.75 Å². The van der Waals surface area contributed by atoms with Gasteiger partial charge in [-0.2, -0.15) is 0 Å². The Kier molecular flexibility index (Phi) is 6.05. The van der Waals surface area contributed by atoms with E-state index in [2.05, 4.69) is 5.32 Å². The Hall–Kier alpha value is -2.09. The van der Waals surface area contributed by atoms with E-state index < -0.39 is 33.9 Å². The van der Waals surface area contributed by atoms with Crippen LogP contribution in [-0.2, 0) is 24.2 Å². The van der Waals surface area contributed by atoms with Crippen LogP contribution in [0.1, 0.15) is 24.5 Å². The molecule has 1 fully saturated rings. The van der Waals surface area contributed by atoms with Crippen molar-refractivity contribution < 1.29 is 27.5 Å². The van der Waals surface area contributed by atoms with Crippen LogP contribution in [0.15, 0.2) is 18.2 Å². The summed E-state index contributed by atoms with van der Waals surface area (Å²) in [4.78, 5) is 23.8. The van der Waals surface area contributed by atoms with Gasteiger partial charge in [0.25, 0.3) is 5.91 Å². The van der Waals surface area contributed by atoms with Gasteiger partial charge in [0.05, 0.1) is 11.5 Å². The summed E-state index contributed by atoms with van der Waals surface area (Å²) < 4.78 is 33.3. The molecule has 0 aromatic heterocycles. The average Bonchev–Trinajstić information content (AvgIpc) is 2.87. The molecule has 1 aromatic carbocycles. The predicted octanol–water partition coefficient (Wildman–Crippen LogP) is 0.917. The van der Waals surface area contributed by atoms with E-state index in [0.717, 1.165) is 11.1 Å². The Labute approximate surface area is 147 Å². The molecule has 1 aliphatic heterocycles. The quantitative estimate of drug-likeness (QED) is 0.749. The lowest BCUT2D eigenvalue weighted by atomic mass is 10.1. The van der Waals surface area contributed by atoms with Crippen LogP contribution in [0.3, 0.4) is 0 Å². The Morgan fingerprint density at radius 2 is 2.04 bits per heavy atom. The summed E-state index contributed by atoms with van der Waals surface area (Å²) in [7, 11) is -3.08. The average molecular weight is 369 g/mol. The number of aryl methyl sites for hydroxylation is 1. The molecule has 1 amide bonds. The van der Waals surface area contributed by atoms with Gasteiger partial charge in [-0.05, 0) is 44.4 Å². The van der Waals surface area contributed by atoms with Crippen LogP contribution in [0.5, 0.6) is 5.75 Å². The van der Waals surface area contributed by atoms with Crippen LogP contribution in [-0.4, -0.2) is 50.6 Å². The number of hydrogen-bond acceptors (Lipinski definition) is 6. The first-order valence-corrected chi connectivity index (χ1v) is 9.89. The van der Waals surface area contributed by atoms with Crippen LogP contribution < -0.4 is 10.1 Å². The Bertz CT molecular complexity index is 758. The number of benzene rings is 1. The molecule has 1 N–H and O–H groups in total. The standard InChI is InChI=1S/C17H23NO6S/c1-11-5-4-6-15(12(11)2)23-9-16(19)24-13(3)17(20)18-14-7-8-25(21,22)10-14/h4-6,13-14H,7-10H2,1-3H3,(H,18,20)/t13-,14-/m0/s1. The fraction of sp³-hybridized carbons (Fsp3) is 0.529. The molecule has 0 spiro atoms. The van der Waals surface area contributed by atoms with E-state index >= 15 is 0 Å². The van der Waals surface area contributed by atoms with Crippen molar-refractivity contribution in [2.24, 2.45) is 0 Å². The molecule has 0 unspecified atom stereocenters. The van der Waals surface area contributed by atoms with E-state index in [1.807, 2.05) is 26.0 Å². The summed E-state index contributed by atoms with van der Waals surface area (Å²) >= 11 is 0. The van der Waals surface area contributed by atoms with Gasteiger partial charge in [-0.3, -0.25) is 4.79 Å². The van der Waals surface area contributed by atoms with Crippen LogP contribution in [0.2, 0.25) is 0 Å². The lowest BCUT2D eigenvalue weighted by Gasteiger charge is -2.17. The zero-order valence-corrected chi connectivity index (χ0v) is 15.4. The van der Waals surface area contributed by atoms with E-state index in [-0.39, 0.29) is 18.1 Å². The number of ether oxygens (including phenoxy) is 2. The summed E-state index contributed by atoms with van der Waals surface area (Å²) in [5.74, 6) is -0.597. The maximum atomic E-state index is 12.0. The molecule has 1 aromatic rings. The normalized spacial score (nSPS) is 19.9. The van der Waals surface area contributed by atoms with E-state index in [1.165, 1.54) is 6.92 Å². The molecule has 1 aliphatic rings. The number of rotatable bonds is 6. The Balaban J connectivity index is 1.79. The van der Waals surface area contributed by atoms with Crippen LogP contribution in [0.25, 0.3) is 0 Å². The molecule has 7 nitrogen and oxygen atoms in total. The van der Waals surface area contributed by atoms with Crippen molar-refractivity contribution in [2.75, 3.05) is 18.1 Å². The van der Waals surface area contributed by atoms with Crippen LogP contribution in [0.4, 0.5) is 0 Å². The third-order valence-corrected chi connectivity index (χ3v) is 5.92. The maximum Gasteiger partial charge on any atom is 0.344 e. The number of sulfone groups is 1. The summed E-state index contributed by atoms with van der Waals surface area (Å²) in [5.41, 5.74) is 1.98. The number of hydrogen-bond donors (Lipinski definition) is 1. The van der Waals surface area contributed by atoms with Gasteiger partial charge in [-0.15, -0.1) is 0 Å². The zero-order valence-electron chi connectivity index (χ0n) is 14.6. The molecular weight excluding hydrogens is 346 g/mol. The summed E-state index contributed by atoms with van der Waals surface area (Å²) in [5, 5.41) is 2.59. The molecule has 0 aliphatic carbocycles. The minimum atomic E-state index is -3.08. The molecule has 0 radical (unpaired) electrons. The molecule has 8 heteroatoms. The van der Waals surface area contributed by atoms with Gasteiger partial charge in [0.2, 0.25) is 0 Å². The molecular formula is C17H23NO6S. The third kappa shape index (κ3) is 5.45. The van der Waals surface area contributed by atoms with Crippen molar-refractivity contribution in [1.82, 2.24) is 5.32 Å². The molecule has 2 rings (SSSR count). The largest absolute Gasteiger partial charge is 0.482 e. The molecule has 0 bridgehead atoms. The third-order valence-electron chi connectivity index (χ3n) is 4.16. The number of amides is 1. The van der Waals surface area contributed by atoms with E-state index in [0.29, 0.717) is 12.2 Å². The highest BCUT2D eigenvalue weighted by Crippen LogP contribution is 2.20. The fourth-order valence-corrected chi connectivity index (χ4v) is 4.20. The van der Waals surface area contributed by atoms with Gasteiger partial charge in [0.15, 0.2) is 22.5 Å². The number of carbonyl (C=O) groups excluding carboxylic acids is 2. The summed E-state index contributed by atoms with van der Waals surface area (Å²) in [6, 6.07) is 5.10. The lowest BCUT2D eigenvalue weighted by Crippen LogP contribution is -2.43. The number of esters is 1. The van der Waals surface area contributed by atoms with Crippen molar-refractivity contribution in [1.29, 1.82) is 0 Å². The summed E-state index contributed by atoms with van der Waals surface area (Å²) in [6.45, 7) is 4.96. The Morgan fingerprint density at radius 1 is 1.32 bits per heavy atom. The first-order chi connectivity index (χ1) is 11.7. The topological polar surface area (TPSA) is 98.8 Å². The minimum absolute atomic E-state index is 0.0653. The first-order valence-electron chi connectivity index (χ1n) is 8.07. The monoisotopic (exact) mass is 369 g/mol. The molecule has 0 saturated carbocycles. The van der Waals surface area contributed by atoms with E-state index in [9.17, 15) is 18.0 Å². The van der Waals surface area contributed by atoms with Crippen molar-refractivity contribution in [3.05, 3.63) is 29.3 Å². The van der Waals surface area contributed by atoms with Crippen molar-refractivity contribution in [3.63, 3.8) is 0 Å². The van der Waals surface area contributed by atoms with Gasteiger partial charge >= 0.3 is 5.97 Å². The second-order valence-electron chi connectivity index (χ2n) is 6.23. The van der Waals surface area contributed by atoms with Gasteiger partial charge in [-0.25, -0.2) is 13.2 Å². The van der Waals surface area contributed by atoms with Gasteiger partial charge in [-0.1, -0.05) is 12.1 Å². The predicted molar refractivity (Wildman–Crippen MR) is 92.2 cm³/mol. The van der Waals surface area contributed by atoms with E-state index in [1.54, 1.807) is 6.07 Å². The first kappa shape index (κ1) is 19.2. The molecule has 25 heavy (non-hydrogen) atoms. The highest BCUT2D eigenvalue weighted by atomic mass is 32.2. The molecule has 1 heterocycles. The van der Waals surface area contributed by atoms with Crippen molar-refractivity contribution >= 4 is 21.7 Å². The van der Waals surface area contributed by atoms with Gasteiger partial charge < -0.3 is 14.8 Å². The molecule has 138 valence electrons. The fourth-order valence-electron chi connectivity index (χ4n) is 2.53.